The number of ether oxygens (including phenoxy) is 1. The van der Waals surface area contributed by atoms with E-state index in [2.05, 4.69) is 0 Å². The maximum atomic E-state index is 11.8. The fraction of sp³-hybridized carbons (Fsp3) is 0.600. The molecule has 0 bridgehead atoms. The van der Waals surface area contributed by atoms with Gasteiger partial charge in [-0.15, -0.1) is 0 Å². The van der Waals surface area contributed by atoms with Gasteiger partial charge in [-0.2, -0.15) is 0 Å². The molecule has 1 aliphatic rings. The summed E-state index contributed by atoms with van der Waals surface area (Å²) in [5, 5.41) is 28.3. The highest BCUT2D eigenvalue weighted by molar-refractivity contribution is 4.93. The average Bonchev–Trinajstić information content (AvgIpc) is 2.64. The fourth-order valence-corrected chi connectivity index (χ4v) is 1.89. The van der Waals surface area contributed by atoms with Crippen molar-refractivity contribution >= 4 is 0 Å². The van der Waals surface area contributed by atoms with Gasteiger partial charge in [0.1, 0.15) is 18.3 Å². The third-order valence-corrected chi connectivity index (χ3v) is 3.01. The number of nitrogens with zero attached hydrogens (tertiary/aromatic N) is 2. The van der Waals surface area contributed by atoms with Gasteiger partial charge in [0.2, 0.25) is 0 Å². The maximum absolute atomic E-state index is 11.8. The number of hydrogen-bond donors (Lipinski definition) is 3. The lowest BCUT2D eigenvalue weighted by Crippen LogP contribution is -2.41. The molecule has 8 heteroatoms. The normalized spacial score (nSPS) is 31.8. The van der Waals surface area contributed by atoms with Gasteiger partial charge >= 0.3 is 5.69 Å². The van der Waals surface area contributed by atoms with Crippen molar-refractivity contribution in [3.8, 4) is 0 Å². The topological polar surface area (TPSA) is 114 Å². The first kappa shape index (κ1) is 13.0. The fourth-order valence-electron chi connectivity index (χ4n) is 1.89. The van der Waals surface area contributed by atoms with Crippen LogP contribution < -0.4 is 11.2 Å². The van der Waals surface area contributed by atoms with Crippen molar-refractivity contribution in [1.82, 2.24) is 9.13 Å². The third-order valence-electron chi connectivity index (χ3n) is 3.01. The van der Waals surface area contributed by atoms with Crippen molar-refractivity contribution in [1.29, 1.82) is 0 Å². The predicted molar refractivity (Wildman–Crippen MR) is 59.0 cm³/mol. The Morgan fingerprint density at radius 2 is 2.00 bits per heavy atom. The molecule has 1 saturated heterocycles. The van der Waals surface area contributed by atoms with E-state index >= 15 is 0 Å². The predicted octanol–water partition coefficient (Wildman–Crippen LogP) is -2.84. The van der Waals surface area contributed by atoms with Crippen molar-refractivity contribution in [2.75, 3.05) is 6.61 Å². The molecular weight excluding hydrogens is 244 g/mol. The van der Waals surface area contributed by atoms with Crippen LogP contribution >= 0.6 is 0 Å². The highest BCUT2D eigenvalue weighted by atomic mass is 16.6. The molecule has 0 unspecified atom stereocenters. The summed E-state index contributed by atoms with van der Waals surface area (Å²) >= 11 is 0. The summed E-state index contributed by atoms with van der Waals surface area (Å²) in [6.07, 6.45) is -3.54. The van der Waals surface area contributed by atoms with Crippen LogP contribution in [-0.2, 0) is 11.8 Å². The molecule has 0 radical (unpaired) electrons. The Balaban J connectivity index is 2.42. The Kier molecular flexibility index (Phi) is 3.35. The number of hydrogen-bond acceptors (Lipinski definition) is 6. The molecule has 3 N–H and O–H groups in total. The minimum absolute atomic E-state index is 0.477. The molecule has 2 heterocycles. The van der Waals surface area contributed by atoms with Crippen molar-refractivity contribution in [3.63, 3.8) is 0 Å². The van der Waals surface area contributed by atoms with Gasteiger partial charge in [-0.05, 0) is 0 Å². The molecule has 0 aromatic carbocycles. The standard InChI is InChI=1S/C10H14N2O6/c1-11-6(14)2-3-12(10(11)17)9-8(16)7(15)5(4-13)18-9/h2-3,5,7-9,13,15-16H,4H2,1H3/t5-,7-,8+,9-/m1/s1. The van der Waals surface area contributed by atoms with Gasteiger partial charge in [0.25, 0.3) is 5.56 Å². The lowest BCUT2D eigenvalue weighted by molar-refractivity contribution is -0.0555. The molecule has 1 aliphatic heterocycles. The first-order chi connectivity index (χ1) is 8.47. The molecule has 18 heavy (non-hydrogen) atoms. The Labute approximate surface area is 101 Å². The SMILES string of the molecule is Cn1c(=O)ccn([C@@H]2O[C@H](CO)[C@@H](O)[C@@H]2O)c1=O. The summed E-state index contributed by atoms with van der Waals surface area (Å²) in [4.78, 5) is 23.0. The zero-order valence-corrected chi connectivity index (χ0v) is 9.63. The van der Waals surface area contributed by atoms with Crippen LogP contribution in [-0.4, -0.2) is 49.4 Å². The van der Waals surface area contributed by atoms with Gasteiger partial charge < -0.3 is 20.1 Å². The molecule has 8 nitrogen and oxygen atoms in total. The first-order valence-electron chi connectivity index (χ1n) is 5.38. The third kappa shape index (κ3) is 1.89. The van der Waals surface area contributed by atoms with Gasteiger partial charge in [-0.1, -0.05) is 0 Å². The minimum Gasteiger partial charge on any atom is -0.394 e. The lowest BCUT2D eigenvalue weighted by atomic mass is 10.1. The lowest BCUT2D eigenvalue weighted by Gasteiger charge is -2.17. The molecule has 1 fully saturated rings. The zero-order chi connectivity index (χ0) is 13.4. The summed E-state index contributed by atoms with van der Waals surface area (Å²) in [5.41, 5.74) is -1.15. The number of aromatic nitrogens is 2. The van der Waals surface area contributed by atoms with Crippen LogP contribution in [0.5, 0.6) is 0 Å². The minimum atomic E-state index is -1.35. The van der Waals surface area contributed by atoms with Crippen LogP contribution in [0.3, 0.4) is 0 Å². The Bertz CT molecular complexity index is 550. The van der Waals surface area contributed by atoms with Crippen LogP contribution in [0, 0.1) is 0 Å². The van der Waals surface area contributed by atoms with Crippen LogP contribution in [0.4, 0.5) is 0 Å². The second kappa shape index (κ2) is 4.65. The van der Waals surface area contributed by atoms with E-state index in [1.54, 1.807) is 0 Å². The molecular formula is C10H14N2O6. The monoisotopic (exact) mass is 258 g/mol. The van der Waals surface area contributed by atoms with Crippen LogP contribution in [0.15, 0.2) is 21.9 Å². The van der Waals surface area contributed by atoms with Gasteiger partial charge in [0, 0.05) is 19.3 Å². The molecule has 4 atom stereocenters. The van der Waals surface area contributed by atoms with Crippen LogP contribution in [0.25, 0.3) is 0 Å². The summed E-state index contributed by atoms with van der Waals surface area (Å²) in [7, 11) is 1.29. The summed E-state index contributed by atoms with van der Waals surface area (Å²) in [6, 6.07) is 1.15. The van der Waals surface area contributed by atoms with Gasteiger partial charge in [-0.25, -0.2) is 4.79 Å². The quantitative estimate of drug-likeness (QED) is 0.526. The molecule has 0 saturated carbocycles. The first-order valence-corrected chi connectivity index (χ1v) is 5.38. The Hall–Kier alpha value is -1.48. The molecule has 1 aromatic rings. The molecule has 0 aliphatic carbocycles. The number of rotatable bonds is 2. The second-order valence-electron chi connectivity index (χ2n) is 4.13. The highest BCUT2D eigenvalue weighted by Gasteiger charge is 2.43. The summed E-state index contributed by atoms with van der Waals surface area (Å²) in [6.45, 7) is -0.477. The van der Waals surface area contributed by atoms with E-state index in [-0.39, 0.29) is 0 Å². The van der Waals surface area contributed by atoms with E-state index in [1.165, 1.54) is 13.2 Å². The van der Waals surface area contributed by atoms with E-state index in [4.69, 9.17) is 9.84 Å². The van der Waals surface area contributed by atoms with Crippen molar-refractivity contribution in [2.24, 2.45) is 7.05 Å². The zero-order valence-electron chi connectivity index (χ0n) is 9.63. The van der Waals surface area contributed by atoms with E-state index < -0.39 is 42.4 Å². The van der Waals surface area contributed by atoms with Gasteiger partial charge in [-0.3, -0.25) is 13.9 Å². The summed E-state index contributed by atoms with van der Waals surface area (Å²) < 4.78 is 7.06. The molecule has 100 valence electrons. The molecule has 1 aromatic heterocycles. The average molecular weight is 258 g/mol. The van der Waals surface area contributed by atoms with E-state index in [0.29, 0.717) is 0 Å². The van der Waals surface area contributed by atoms with Crippen molar-refractivity contribution < 1.29 is 20.1 Å². The Morgan fingerprint density at radius 3 is 2.56 bits per heavy atom. The molecule has 0 amide bonds. The molecule has 2 rings (SSSR count). The number of aliphatic hydroxyl groups is 3. The van der Waals surface area contributed by atoms with E-state index in [9.17, 15) is 19.8 Å². The maximum Gasteiger partial charge on any atom is 0.332 e. The van der Waals surface area contributed by atoms with Crippen LogP contribution in [0.1, 0.15) is 6.23 Å². The summed E-state index contributed by atoms with van der Waals surface area (Å²) in [5.74, 6) is 0. The second-order valence-corrected chi connectivity index (χ2v) is 4.13. The Morgan fingerprint density at radius 1 is 1.33 bits per heavy atom. The van der Waals surface area contributed by atoms with Crippen LogP contribution in [0.2, 0.25) is 0 Å². The highest BCUT2D eigenvalue weighted by Crippen LogP contribution is 2.27. The van der Waals surface area contributed by atoms with E-state index in [0.717, 1.165) is 15.2 Å². The van der Waals surface area contributed by atoms with E-state index in [1.807, 2.05) is 0 Å². The van der Waals surface area contributed by atoms with Crippen molar-refractivity contribution in [3.05, 3.63) is 33.1 Å². The van der Waals surface area contributed by atoms with Gasteiger partial charge in [0.05, 0.1) is 6.61 Å². The molecule has 0 spiro atoms. The largest absolute Gasteiger partial charge is 0.394 e. The number of aliphatic hydroxyl groups excluding tert-OH is 3. The van der Waals surface area contributed by atoms with Gasteiger partial charge in [0.15, 0.2) is 6.23 Å². The van der Waals surface area contributed by atoms with Crippen molar-refractivity contribution in [2.45, 2.75) is 24.5 Å². The smallest absolute Gasteiger partial charge is 0.332 e.